The van der Waals surface area contributed by atoms with E-state index in [1.165, 1.54) is 0 Å². The highest BCUT2D eigenvalue weighted by Crippen LogP contribution is 2.40. The summed E-state index contributed by atoms with van der Waals surface area (Å²) in [5.74, 6) is 0.798. The molecule has 1 aromatic carbocycles. The van der Waals surface area contributed by atoms with E-state index in [0.29, 0.717) is 55.5 Å². The number of hydrogen-bond acceptors (Lipinski definition) is 6. The number of nitrogens with two attached hydrogens (primary N) is 1. The molecule has 2 N–H and O–H groups in total. The van der Waals surface area contributed by atoms with Gasteiger partial charge in [-0.1, -0.05) is 11.6 Å². The summed E-state index contributed by atoms with van der Waals surface area (Å²) in [6, 6.07) is 5.16. The van der Waals surface area contributed by atoms with Crippen LogP contribution in [0.2, 0.25) is 5.02 Å². The number of hydrogen-bond donors (Lipinski definition) is 1. The molecule has 28 heavy (non-hydrogen) atoms. The van der Waals surface area contributed by atoms with Gasteiger partial charge in [0.15, 0.2) is 0 Å². The zero-order valence-corrected chi connectivity index (χ0v) is 16.5. The van der Waals surface area contributed by atoms with E-state index in [9.17, 15) is 4.79 Å². The van der Waals surface area contributed by atoms with Crippen LogP contribution >= 0.6 is 11.6 Å². The number of aromatic nitrogens is 2. The third-order valence-corrected chi connectivity index (χ3v) is 5.70. The number of ether oxygens (including phenoxy) is 2. The minimum atomic E-state index is -0.488. The number of amides is 1. The predicted molar refractivity (Wildman–Crippen MR) is 106 cm³/mol. The molecule has 7 nitrogen and oxygen atoms in total. The van der Waals surface area contributed by atoms with E-state index in [-0.39, 0.29) is 11.9 Å². The number of carbonyl (C=O) groups is 1. The molecule has 1 fully saturated rings. The third-order valence-electron chi connectivity index (χ3n) is 5.40. The van der Waals surface area contributed by atoms with Crippen LogP contribution in [0.3, 0.4) is 0 Å². The first-order valence-electron chi connectivity index (χ1n) is 9.50. The second kappa shape index (κ2) is 7.56. The Morgan fingerprint density at radius 1 is 1.39 bits per heavy atom. The second-order valence-electron chi connectivity index (χ2n) is 7.07. The Morgan fingerprint density at radius 2 is 2.18 bits per heavy atom. The Hall–Kier alpha value is -2.38. The van der Waals surface area contributed by atoms with Gasteiger partial charge in [0, 0.05) is 24.8 Å². The summed E-state index contributed by atoms with van der Waals surface area (Å²) in [7, 11) is 0. The van der Waals surface area contributed by atoms with Crippen molar-refractivity contribution in [1.29, 1.82) is 0 Å². The van der Waals surface area contributed by atoms with E-state index in [1.54, 1.807) is 24.4 Å². The molecule has 2 aliphatic heterocycles. The van der Waals surface area contributed by atoms with Crippen LogP contribution in [-0.4, -0.2) is 47.1 Å². The summed E-state index contributed by atoms with van der Waals surface area (Å²) in [5.41, 5.74) is 7.83. The minimum Gasteiger partial charge on any atom is -0.492 e. The van der Waals surface area contributed by atoms with Gasteiger partial charge in [-0.05, 0) is 49.9 Å². The molecule has 0 unspecified atom stereocenters. The number of carbonyl (C=O) groups excluding carboxylic acids is 1. The van der Waals surface area contributed by atoms with Crippen LogP contribution in [0.25, 0.3) is 0 Å². The average molecular weight is 403 g/mol. The van der Waals surface area contributed by atoms with Gasteiger partial charge >= 0.3 is 0 Å². The van der Waals surface area contributed by atoms with E-state index >= 15 is 0 Å². The Labute approximate surface area is 168 Å². The van der Waals surface area contributed by atoms with Crippen molar-refractivity contribution in [3.05, 3.63) is 46.2 Å². The molecule has 0 radical (unpaired) electrons. The molecule has 1 aromatic heterocycles. The van der Waals surface area contributed by atoms with E-state index in [4.69, 9.17) is 26.8 Å². The summed E-state index contributed by atoms with van der Waals surface area (Å²) in [6.07, 6.45) is 3.92. The Bertz CT molecular complexity index is 897. The summed E-state index contributed by atoms with van der Waals surface area (Å²) in [4.78, 5) is 23.3. The quantitative estimate of drug-likeness (QED) is 0.848. The van der Waals surface area contributed by atoms with Crippen molar-refractivity contribution in [3.8, 4) is 5.75 Å². The maximum absolute atomic E-state index is 12.9. The van der Waals surface area contributed by atoms with Gasteiger partial charge in [0.1, 0.15) is 11.4 Å². The van der Waals surface area contributed by atoms with Gasteiger partial charge in [0.2, 0.25) is 5.95 Å². The lowest BCUT2D eigenvalue weighted by Crippen LogP contribution is -2.49. The summed E-state index contributed by atoms with van der Waals surface area (Å²) in [6.45, 7) is 4.20. The van der Waals surface area contributed by atoms with Crippen LogP contribution in [0.1, 0.15) is 41.4 Å². The molecule has 2 aliphatic rings. The fourth-order valence-corrected chi connectivity index (χ4v) is 4.20. The number of anilines is 1. The first-order valence-corrected chi connectivity index (χ1v) is 9.87. The Morgan fingerprint density at radius 3 is 2.89 bits per heavy atom. The number of fused-ring (bicyclic) bond motifs is 2. The van der Waals surface area contributed by atoms with Gasteiger partial charge in [-0.15, -0.1) is 0 Å². The van der Waals surface area contributed by atoms with E-state index in [0.717, 1.165) is 17.7 Å². The molecule has 0 atom stereocenters. The first kappa shape index (κ1) is 19.0. The standard InChI is InChI=1S/C20H23ClN4O3/c1-2-27-16-4-3-13(11-15(16)21)18(26)25-8-6-20(7-9-25)17-14(5-10-28-20)12-23-19(22)24-17/h3-4,11-12H,2,5-10H2,1H3,(H2,22,23,24). The topological polar surface area (TPSA) is 90.6 Å². The minimum absolute atomic E-state index is 0.0435. The fraction of sp³-hybridized carbons (Fsp3) is 0.450. The fourth-order valence-electron chi connectivity index (χ4n) is 3.96. The van der Waals surface area contributed by atoms with Crippen LogP contribution in [0, 0.1) is 0 Å². The lowest BCUT2D eigenvalue weighted by molar-refractivity contribution is -0.0966. The number of nitrogen functional groups attached to an aromatic ring is 1. The monoisotopic (exact) mass is 402 g/mol. The number of piperidine rings is 1. The van der Waals surface area contributed by atoms with E-state index in [2.05, 4.69) is 9.97 Å². The maximum atomic E-state index is 12.9. The predicted octanol–water partition coefficient (Wildman–Crippen LogP) is 2.82. The lowest BCUT2D eigenvalue weighted by atomic mass is 9.83. The molecule has 0 aliphatic carbocycles. The molecule has 1 saturated heterocycles. The highest BCUT2D eigenvalue weighted by Gasteiger charge is 2.43. The maximum Gasteiger partial charge on any atom is 0.253 e. The first-order chi connectivity index (χ1) is 13.5. The SMILES string of the molecule is CCOc1ccc(C(=O)N2CCC3(CC2)OCCc2cnc(N)nc23)cc1Cl. The van der Waals surface area contributed by atoms with Crippen molar-refractivity contribution < 1.29 is 14.3 Å². The van der Waals surface area contributed by atoms with E-state index < -0.39 is 5.60 Å². The molecule has 8 heteroatoms. The zero-order valence-electron chi connectivity index (χ0n) is 15.8. The molecular weight excluding hydrogens is 380 g/mol. The molecule has 2 aromatic rings. The third kappa shape index (κ3) is 3.40. The molecule has 1 amide bonds. The highest BCUT2D eigenvalue weighted by molar-refractivity contribution is 6.32. The molecule has 4 rings (SSSR count). The number of benzene rings is 1. The van der Waals surface area contributed by atoms with Crippen molar-refractivity contribution in [3.63, 3.8) is 0 Å². The average Bonchev–Trinajstić information content (AvgIpc) is 2.70. The van der Waals surface area contributed by atoms with Gasteiger partial charge in [-0.2, -0.15) is 0 Å². The van der Waals surface area contributed by atoms with Gasteiger partial charge in [0.05, 0.1) is 23.9 Å². The Balaban J connectivity index is 1.50. The highest BCUT2D eigenvalue weighted by atomic mass is 35.5. The summed E-state index contributed by atoms with van der Waals surface area (Å²) in [5, 5.41) is 0.442. The van der Waals surface area contributed by atoms with Crippen molar-refractivity contribution in [2.45, 2.75) is 31.8 Å². The van der Waals surface area contributed by atoms with Crippen LogP contribution in [0.5, 0.6) is 5.75 Å². The van der Waals surface area contributed by atoms with Crippen molar-refractivity contribution in [2.75, 3.05) is 32.0 Å². The second-order valence-corrected chi connectivity index (χ2v) is 7.47. The molecule has 148 valence electrons. The van der Waals surface area contributed by atoms with Crippen molar-refractivity contribution in [1.82, 2.24) is 14.9 Å². The molecule has 1 spiro atoms. The lowest BCUT2D eigenvalue weighted by Gasteiger charge is -2.44. The van der Waals surface area contributed by atoms with Gasteiger partial charge in [-0.3, -0.25) is 4.79 Å². The Kier molecular flexibility index (Phi) is 5.12. The van der Waals surface area contributed by atoms with Crippen LogP contribution < -0.4 is 10.5 Å². The van der Waals surface area contributed by atoms with Crippen molar-refractivity contribution >= 4 is 23.5 Å². The molecular formula is C20H23ClN4O3. The largest absolute Gasteiger partial charge is 0.492 e. The number of halogens is 1. The number of likely N-dealkylation sites (tertiary alicyclic amines) is 1. The summed E-state index contributed by atoms with van der Waals surface area (Å²) >= 11 is 6.24. The molecule has 3 heterocycles. The zero-order chi connectivity index (χ0) is 19.7. The van der Waals surface area contributed by atoms with Crippen LogP contribution in [-0.2, 0) is 16.8 Å². The molecule has 0 bridgehead atoms. The number of rotatable bonds is 3. The van der Waals surface area contributed by atoms with Gasteiger partial charge in [-0.25, -0.2) is 9.97 Å². The number of nitrogens with zero attached hydrogens (tertiary/aromatic N) is 3. The summed E-state index contributed by atoms with van der Waals surface area (Å²) < 4.78 is 11.6. The normalized spacial score (nSPS) is 18.0. The van der Waals surface area contributed by atoms with Gasteiger partial charge < -0.3 is 20.1 Å². The smallest absolute Gasteiger partial charge is 0.253 e. The van der Waals surface area contributed by atoms with Crippen LogP contribution in [0.15, 0.2) is 24.4 Å². The van der Waals surface area contributed by atoms with Gasteiger partial charge in [0.25, 0.3) is 5.91 Å². The van der Waals surface area contributed by atoms with Crippen molar-refractivity contribution in [2.24, 2.45) is 0 Å². The van der Waals surface area contributed by atoms with Crippen LogP contribution in [0.4, 0.5) is 5.95 Å². The van der Waals surface area contributed by atoms with E-state index in [1.807, 2.05) is 11.8 Å². The molecule has 0 saturated carbocycles.